The first-order valence-electron chi connectivity index (χ1n) is 7.91. The van der Waals surface area contributed by atoms with Crippen molar-refractivity contribution in [2.75, 3.05) is 0 Å². The van der Waals surface area contributed by atoms with E-state index in [0.29, 0.717) is 12.0 Å². The number of halogens is 1. The van der Waals surface area contributed by atoms with Gasteiger partial charge < -0.3 is 0 Å². The molecule has 0 amide bonds. The number of hydrogen-bond acceptors (Lipinski definition) is 1. The van der Waals surface area contributed by atoms with Crippen molar-refractivity contribution in [3.8, 4) is 0 Å². The molecule has 1 aromatic rings. The molecule has 0 aliphatic heterocycles. The zero-order chi connectivity index (χ0) is 13.7. The van der Waals surface area contributed by atoms with Crippen LogP contribution in [0.5, 0.6) is 0 Å². The molecule has 20 heavy (non-hydrogen) atoms. The van der Waals surface area contributed by atoms with Crippen LogP contribution in [0.15, 0.2) is 24.3 Å². The lowest BCUT2D eigenvalue weighted by Gasteiger charge is -2.56. The lowest BCUT2D eigenvalue weighted by molar-refractivity contribution is -0.0524. The third-order valence-electron chi connectivity index (χ3n) is 5.87. The van der Waals surface area contributed by atoms with Gasteiger partial charge in [0.1, 0.15) is 5.82 Å². The van der Waals surface area contributed by atoms with Crippen LogP contribution >= 0.6 is 0 Å². The van der Waals surface area contributed by atoms with E-state index in [2.05, 4.69) is 0 Å². The fourth-order valence-electron chi connectivity index (χ4n) is 5.58. The molecule has 0 unspecified atom stereocenters. The summed E-state index contributed by atoms with van der Waals surface area (Å²) in [6.45, 7) is 0. The Morgan fingerprint density at radius 3 is 2.00 bits per heavy atom. The van der Waals surface area contributed by atoms with Gasteiger partial charge in [0, 0.05) is 12.0 Å². The van der Waals surface area contributed by atoms with Crippen LogP contribution in [-0.4, -0.2) is 5.78 Å². The van der Waals surface area contributed by atoms with Gasteiger partial charge in [0.15, 0.2) is 5.78 Å². The van der Waals surface area contributed by atoms with Gasteiger partial charge in [0.05, 0.1) is 0 Å². The standard InChI is InChI=1S/C18H21FO/c19-16-3-1-15(2-4-16)17(20)11-18-8-12-5-13(9-18)7-14(6-12)10-18/h1-4,12-14H,5-11H2. The third-order valence-corrected chi connectivity index (χ3v) is 5.87. The molecule has 4 aliphatic rings. The normalized spacial score (nSPS) is 38.1. The minimum atomic E-state index is -0.267. The summed E-state index contributed by atoms with van der Waals surface area (Å²) in [6, 6.07) is 6.07. The molecule has 106 valence electrons. The highest BCUT2D eigenvalue weighted by atomic mass is 19.1. The number of rotatable bonds is 3. The molecule has 4 aliphatic carbocycles. The highest BCUT2D eigenvalue weighted by molar-refractivity contribution is 5.96. The van der Waals surface area contributed by atoms with E-state index in [9.17, 15) is 9.18 Å². The monoisotopic (exact) mass is 272 g/mol. The number of Topliss-reactive ketones (excluding diaryl/α,β-unsaturated/α-hetero) is 1. The summed E-state index contributed by atoms with van der Waals surface area (Å²) in [5, 5.41) is 0. The zero-order valence-electron chi connectivity index (χ0n) is 11.8. The predicted molar refractivity (Wildman–Crippen MR) is 76.0 cm³/mol. The quantitative estimate of drug-likeness (QED) is 0.734. The van der Waals surface area contributed by atoms with Crippen molar-refractivity contribution in [1.29, 1.82) is 0 Å². The Morgan fingerprint density at radius 2 is 1.50 bits per heavy atom. The summed E-state index contributed by atoms with van der Waals surface area (Å²) >= 11 is 0. The largest absolute Gasteiger partial charge is 0.294 e. The van der Waals surface area contributed by atoms with Crippen molar-refractivity contribution in [3.05, 3.63) is 35.6 Å². The average molecular weight is 272 g/mol. The number of benzene rings is 1. The first-order chi connectivity index (χ1) is 9.62. The van der Waals surface area contributed by atoms with E-state index in [0.717, 1.165) is 17.8 Å². The Kier molecular flexibility index (Phi) is 2.77. The maximum Gasteiger partial charge on any atom is 0.163 e. The van der Waals surface area contributed by atoms with Gasteiger partial charge in [-0.05, 0) is 86.0 Å². The first-order valence-corrected chi connectivity index (χ1v) is 7.91. The van der Waals surface area contributed by atoms with Crippen molar-refractivity contribution < 1.29 is 9.18 Å². The highest BCUT2D eigenvalue weighted by Crippen LogP contribution is 2.61. The van der Waals surface area contributed by atoms with E-state index in [1.54, 1.807) is 12.1 Å². The Hall–Kier alpha value is -1.18. The summed E-state index contributed by atoms with van der Waals surface area (Å²) in [7, 11) is 0. The third kappa shape index (κ3) is 2.10. The predicted octanol–water partition coefficient (Wildman–Crippen LogP) is 4.61. The molecule has 4 bridgehead atoms. The van der Waals surface area contributed by atoms with Gasteiger partial charge in [-0.2, -0.15) is 0 Å². The van der Waals surface area contributed by atoms with E-state index in [4.69, 9.17) is 0 Å². The molecule has 0 radical (unpaired) electrons. The van der Waals surface area contributed by atoms with Crippen LogP contribution in [0, 0.1) is 29.0 Å². The van der Waals surface area contributed by atoms with Crippen LogP contribution in [-0.2, 0) is 0 Å². The summed E-state index contributed by atoms with van der Waals surface area (Å²) in [4.78, 5) is 12.5. The van der Waals surface area contributed by atoms with Gasteiger partial charge in [-0.1, -0.05) is 0 Å². The lowest BCUT2D eigenvalue weighted by atomic mass is 9.48. The molecule has 4 saturated carbocycles. The number of ketones is 1. The second kappa shape index (κ2) is 4.41. The molecule has 0 atom stereocenters. The van der Waals surface area contributed by atoms with Gasteiger partial charge in [0.2, 0.25) is 0 Å². The summed E-state index contributed by atoms with van der Waals surface area (Å²) in [5.41, 5.74) is 0.961. The second-order valence-corrected chi connectivity index (χ2v) is 7.52. The van der Waals surface area contributed by atoms with Crippen LogP contribution in [0.4, 0.5) is 4.39 Å². The highest BCUT2D eigenvalue weighted by Gasteiger charge is 2.51. The first kappa shape index (κ1) is 12.6. The fraction of sp³-hybridized carbons (Fsp3) is 0.611. The van der Waals surface area contributed by atoms with E-state index >= 15 is 0 Å². The molecule has 0 spiro atoms. The Morgan fingerprint density at radius 1 is 1.00 bits per heavy atom. The van der Waals surface area contributed by atoms with Crippen molar-refractivity contribution in [2.45, 2.75) is 44.9 Å². The van der Waals surface area contributed by atoms with Gasteiger partial charge in [-0.15, -0.1) is 0 Å². The minimum Gasteiger partial charge on any atom is -0.294 e. The molecule has 2 heteroatoms. The molecule has 1 aromatic carbocycles. The Balaban J connectivity index is 1.53. The molecule has 0 heterocycles. The fourth-order valence-corrected chi connectivity index (χ4v) is 5.58. The summed E-state index contributed by atoms with van der Waals surface area (Å²) in [5.74, 6) is 2.58. The summed E-state index contributed by atoms with van der Waals surface area (Å²) < 4.78 is 13.0. The van der Waals surface area contributed by atoms with Crippen molar-refractivity contribution in [1.82, 2.24) is 0 Å². The average Bonchev–Trinajstić information content (AvgIpc) is 2.37. The minimum absolute atomic E-state index is 0.215. The Labute approximate surface area is 119 Å². The van der Waals surface area contributed by atoms with E-state index in [1.165, 1.54) is 50.7 Å². The smallest absolute Gasteiger partial charge is 0.163 e. The van der Waals surface area contributed by atoms with Crippen molar-refractivity contribution >= 4 is 5.78 Å². The van der Waals surface area contributed by atoms with Crippen molar-refractivity contribution in [2.24, 2.45) is 23.2 Å². The molecular weight excluding hydrogens is 251 g/mol. The van der Waals surface area contributed by atoms with Gasteiger partial charge in [0.25, 0.3) is 0 Å². The van der Waals surface area contributed by atoms with Crippen LogP contribution in [0.1, 0.15) is 55.3 Å². The number of hydrogen-bond donors (Lipinski definition) is 0. The molecule has 1 nitrogen and oxygen atoms in total. The van der Waals surface area contributed by atoms with Gasteiger partial charge in [-0.3, -0.25) is 4.79 Å². The maximum atomic E-state index is 13.0. The van der Waals surface area contributed by atoms with Crippen LogP contribution in [0.2, 0.25) is 0 Å². The van der Waals surface area contributed by atoms with Crippen LogP contribution < -0.4 is 0 Å². The molecule has 0 N–H and O–H groups in total. The van der Waals surface area contributed by atoms with Gasteiger partial charge in [-0.25, -0.2) is 4.39 Å². The number of carbonyl (C=O) groups is 1. The van der Waals surface area contributed by atoms with E-state index in [-0.39, 0.29) is 17.0 Å². The van der Waals surface area contributed by atoms with Crippen LogP contribution in [0.25, 0.3) is 0 Å². The maximum absolute atomic E-state index is 13.0. The van der Waals surface area contributed by atoms with E-state index < -0.39 is 0 Å². The lowest BCUT2D eigenvalue weighted by Crippen LogP contribution is -2.46. The second-order valence-electron chi connectivity index (χ2n) is 7.52. The molecule has 0 saturated heterocycles. The molecule has 0 aromatic heterocycles. The summed E-state index contributed by atoms with van der Waals surface area (Å²) in [6.07, 6.45) is 8.67. The topological polar surface area (TPSA) is 17.1 Å². The molecular formula is C18H21FO. The van der Waals surface area contributed by atoms with Gasteiger partial charge >= 0.3 is 0 Å². The zero-order valence-corrected chi connectivity index (χ0v) is 11.8. The van der Waals surface area contributed by atoms with Crippen molar-refractivity contribution in [3.63, 3.8) is 0 Å². The number of carbonyl (C=O) groups excluding carboxylic acids is 1. The SMILES string of the molecule is O=C(CC12CC3CC(CC(C3)C1)C2)c1ccc(F)cc1. The molecule has 4 fully saturated rings. The van der Waals surface area contributed by atoms with Crippen LogP contribution in [0.3, 0.4) is 0 Å². The Bertz CT molecular complexity index is 496. The van der Waals surface area contributed by atoms with E-state index in [1.807, 2.05) is 0 Å². The molecule has 5 rings (SSSR count).